The van der Waals surface area contributed by atoms with Crippen LogP contribution in [-0.2, 0) is 6.61 Å². The van der Waals surface area contributed by atoms with Gasteiger partial charge in [-0.2, -0.15) is 4.37 Å². The number of ether oxygens (including phenoxy) is 1. The lowest BCUT2D eigenvalue weighted by atomic mass is 10.1. The molecular formula is C17H17F2N3O4S. The van der Waals surface area contributed by atoms with Crippen LogP contribution in [0.15, 0.2) is 12.1 Å². The van der Waals surface area contributed by atoms with Crippen molar-refractivity contribution in [3.05, 3.63) is 40.5 Å². The summed E-state index contributed by atoms with van der Waals surface area (Å²) in [6, 6.07) is 1.48. The Labute approximate surface area is 157 Å². The predicted octanol–water partition coefficient (Wildman–Crippen LogP) is 3.54. The Morgan fingerprint density at radius 1 is 1.33 bits per heavy atom. The van der Waals surface area contributed by atoms with Crippen molar-refractivity contribution in [3.63, 3.8) is 0 Å². The van der Waals surface area contributed by atoms with Gasteiger partial charge in [0.2, 0.25) is 5.88 Å². The zero-order valence-corrected chi connectivity index (χ0v) is 15.2. The summed E-state index contributed by atoms with van der Waals surface area (Å²) < 4.78 is 36.6. The first-order chi connectivity index (χ1) is 12.8. The van der Waals surface area contributed by atoms with Gasteiger partial charge >= 0.3 is 12.0 Å². The molecule has 3 N–H and O–H groups in total. The van der Waals surface area contributed by atoms with Crippen LogP contribution in [0.2, 0.25) is 0 Å². The fourth-order valence-electron chi connectivity index (χ4n) is 2.30. The van der Waals surface area contributed by atoms with E-state index in [-0.39, 0.29) is 27.6 Å². The molecule has 0 aliphatic heterocycles. The molecule has 1 fully saturated rings. The molecule has 10 heteroatoms. The number of nitrogens with one attached hydrogen (secondary N) is 2. The highest BCUT2D eigenvalue weighted by Crippen LogP contribution is 2.32. The summed E-state index contributed by atoms with van der Waals surface area (Å²) in [7, 11) is 0. The maximum absolute atomic E-state index is 13.9. The molecule has 0 spiro atoms. The Hall–Kier alpha value is -2.75. The Balaban J connectivity index is 1.70. The number of carbonyl (C=O) groups is 2. The number of aromatic nitrogens is 1. The Morgan fingerprint density at radius 3 is 2.74 bits per heavy atom. The van der Waals surface area contributed by atoms with Crippen molar-refractivity contribution in [1.82, 2.24) is 9.69 Å². The van der Waals surface area contributed by atoms with Gasteiger partial charge in [0, 0.05) is 12.1 Å². The fourth-order valence-corrected chi connectivity index (χ4v) is 3.02. The van der Waals surface area contributed by atoms with E-state index in [1.807, 2.05) is 0 Å². The molecule has 1 saturated carbocycles. The Morgan fingerprint density at radius 2 is 2.07 bits per heavy atom. The highest BCUT2D eigenvalue weighted by Gasteiger charge is 2.25. The second-order valence-corrected chi connectivity index (χ2v) is 7.03. The normalized spacial score (nSPS) is 13.3. The van der Waals surface area contributed by atoms with Crippen LogP contribution < -0.4 is 15.4 Å². The van der Waals surface area contributed by atoms with Gasteiger partial charge in [-0.15, -0.1) is 0 Å². The van der Waals surface area contributed by atoms with Crippen molar-refractivity contribution < 1.29 is 28.2 Å². The van der Waals surface area contributed by atoms with Crippen LogP contribution in [0.5, 0.6) is 5.88 Å². The highest BCUT2D eigenvalue weighted by molar-refractivity contribution is 7.11. The van der Waals surface area contributed by atoms with Crippen LogP contribution in [0.1, 0.15) is 34.3 Å². The third-order valence-electron chi connectivity index (χ3n) is 4.04. The van der Waals surface area contributed by atoms with Crippen LogP contribution in [0.4, 0.5) is 18.6 Å². The van der Waals surface area contributed by atoms with Crippen LogP contribution in [-0.4, -0.2) is 28.0 Å². The average Bonchev–Trinajstić information content (AvgIpc) is 3.35. The van der Waals surface area contributed by atoms with Crippen LogP contribution in [0.3, 0.4) is 0 Å². The number of carbonyl (C=O) groups excluding carboxylic acids is 1. The molecule has 1 aromatic heterocycles. The van der Waals surface area contributed by atoms with Gasteiger partial charge in [-0.05, 0) is 54.9 Å². The molecular weight excluding hydrogens is 380 g/mol. The quantitative estimate of drug-likeness (QED) is 0.664. The second kappa shape index (κ2) is 7.87. The number of aryl methyl sites for hydroxylation is 1. The first kappa shape index (κ1) is 19.0. The minimum atomic E-state index is -1.35. The van der Waals surface area contributed by atoms with Crippen molar-refractivity contribution in [1.29, 1.82) is 0 Å². The molecule has 27 heavy (non-hydrogen) atoms. The monoisotopic (exact) mass is 397 g/mol. The number of anilines is 1. The highest BCUT2D eigenvalue weighted by atomic mass is 32.1. The molecule has 0 unspecified atom stereocenters. The molecule has 2 amide bonds. The molecule has 7 nitrogen and oxygen atoms in total. The topological polar surface area (TPSA) is 101 Å². The van der Waals surface area contributed by atoms with E-state index >= 15 is 0 Å². The van der Waals surface area contributed by atoms with Crippen molar-refractivity contribution in [3.8, 4) is 5.88 Å². The number of hydrogen-bond acceptors (Lipinski definition) is 5. The van der Waals surface area contributed by atoms with Crippen molar-refractivity contribution in [2.75, 3.05) is 11.9 Å². The third kappa shape index (κ3) is 4.70. The number of carboxylic acids is 1. The zero-order chi connectivity index (χ0) is 19.6. The van der Waals surface area contributed by atoms with Gasteiger partial charge in [-0.3, -0.25) is 5.32 Å². The SMILES string of the molecule is Cc1cc(F)c(COc2nsc(NC(=O)NCC3CC3)c2C(=O)O)cc1F. The van der Waals surface area contributed by atoms with Gasteiger partial charge in [0.05, 0.1) is 0 Å². The lowest BCUT2D eigenvalue weighted by Crippen LogP contribution is -2.30. The Kier molecular flexibility index (Phi) is 5.54. The summed E-state index contributed by atoms with van der Waals surface area (Å²) in [5, 5.41) is 14.5. The standard InChI is InChI=1S/C17H17F2N3O4S/c1-8-4-12(19)10(5-11(8)18)7-26-14-13(16(23)24)15(27-22-14)21-17(25)20-6-9-2-3-9/h4-5,9H,2-3,6-7H2,1H3,(H,23,24)(H2,20,21,25). The van der Waals surface area contributed by atoms with Crippen molar-refractivity contribution >= 4 is 28.5 Å². The van der Waals surface area contributed by atoms with E-state index in [0.717, 1.165) is 36.5 Å². The lowest BCUT2D eigenvalue weighted by molar-refractivity contribution is 0.0693. The summed E-state index contributed by atoms with van der Waals surface area (Å²) in [4.78, 5) is 23.4. The van der Waals surface area contributed by atoms with Gasteiger partial charge < -0.3 is 15.2 Å². The van der Waals surface area contributed by atoms with E-state index in [2.05, 4.69) is 15.0 Å². The van der Waals surface area contributed by atoms with Gasteiger partial charge in [0.25, 0.3) is 0 Å². The molecule has 1 aliphatic carbocycles. The van der Waals surface area contributed by atoms with E-state index < -0.39 is 30.2 Å². The summed E-state index contributed by atoms with van der Waals surface area (Å²) in [6.07, 6.45) is 2.13. The lowest BCUT2D eigenvalue weighted by Gasteiger charge is -2.08. The number of halogens is 2. The minimum Gasteiger partial charge on any atom is -0.477 e. The van der Waals surface area contributed by atoms with Gasteiger partial charge in [0.1, 0.15) is 23.2 Å². The molecule has 1 aromatic carbocycles. The van der Waals surface area contributed by atoms with Crippen LogP contribution in [0.25, 0.3) is 0 Å². The molecule has 0 atom stereocenters. The van der Waals surface area contributed by atoms with E-state index in [0.29, 0.717) is 12.5 Å². The Bertz CT molecular complexity index is 883. The number of urea groups is 1. The maximum Gasteiger partial charge on any atom is 0.344 e. The van der Waals surface area contributed by atoms with Crippen LogP contribution in [0, 0.1) is 24.5 Å². The van der Waals surface area contributed by atoms with E-state index in [1.165, 1.54) is 6.92 Å². The molecule has 0 radical (unpaired) electrons. The number of carboxylic acid groups (broad SMARTS) is 1. The van der Waals surface area contributed by atoms with Gasteiger partial charge in [-0.1, -0.05) is 0 Å². The fraction of sp³-hybridized carbons (Fsp3) is 0.353. The van der Waals surface area contributed by atoms with E-state index in [1.54, 1.807) is 0 Å². The number of hydrogen-bond donors (Lipinski definition) is 3. The van der Waals surface area contributed by atoms with Crippen molar-refractivity contribution in [2.24, 2.45) is 5.92 Å². The summed E-state index contributed by atoms with van der Waals surface area (Å²) in [5.41, 5.74) is -0.256. The smallest absolute Gasteiger partial charge is 0.344 e. The average molecular weight is 397 g/mol. The number of benzene rings is 1. The third-order valence-corrected chi connectivity index (χ3v) is 4.79. The molecule has 2 aromatic rings. The summed E-state index contributed by atoms with van der Waals surface area (Å²) in [5.74, 6) is -2.42. The molecule has 1 heterocycles. The van der Waals surface area contributed by atoms with E-state index in [4.69, 9.17) is 4.74 Å². The van der Waals surface area contributed by atoms with Gasteiger partial charge in [-0.25, -0.2) is 18.4 Å². The summed E-state index contributed by atoms with van der Waals surface area (Å²) >= 11 is 0.732. The minimum absolute atomic E-state index is 0.00126. The first-order valence-electron chi connectivity index (χ1n) is 8.20. The van der Waals surface area contributed by atoms with Gasteiger partial charge in [0.15, 0.2) is 5.56 Å². The predicted molar refractivity (Wildman–Crippen MR) is 94.2 cm³/mol. The maximum atomic E-state index is 13.9. The molecule has 0 saturated heterocycles. The first-order valence-corrected chi connectivity index (χ1v) is 8.97. The van der Waals surface area contributed by atoms with E-state index in [9.17, 15) is 23.5 Å². The number of nitrogens with zero attached hydrogens (tertiary/aromatic N) is 1. The second-order valence-electron chi connectivity index (χ2n) is 6.26. The largest absolute Gasteiger partial charge is 0.477 e. The number of rotatable bonds is 7. The summed E-state index contributed by atoms with van der Waals surface area (Å²) in [6.45, 7) is 1.55. The van der Waals surface area contributed by atoms with Crippen LogP contribution >= 0.6 is 11.5 Å². The van der Waals surface area contributed by atoms with Crippen molar-refractivity contribution in [2.45, 2.75) is 26.4 Å². The molecule has 1 aliphatic rings. The molecule has 3 rings (SSSR count). The number of aromatic carboxylic acids is 1. The molecule has 0 bridgehead atoms. The number of amides is 2. The zero-order valence-electron chi connectivity index (χ0n) is 14.3. The molecule has 144 valence electrons.